The normalized spacial score (nSPS) is 21.4. The minimum absolute atomic E-state index is 0.267. The molecule has 0 aliphatic heterocycles. The number of amides is 2. The summed E-state index contributed by atoms with van der Waals surface area (Å²) in [5.41, 5.74) is 1.47. The molecular formula is C13H18N4O3. The zero-order valence-corrected chi connectivity index (χ0v) is 11.3. The Morgan fingerprint density at radius 1 is 1.35 bits per heavy atom. The van der Waals surface area contributed by atoms with E-state index in [4.69, 9.17) is 5.11 Å². The number of carboxylic acids is 1. The Morgan fingerprint density at radius 3 is 2.80 bits per heavy atom. The van der Waals surface area contributed by atoms with Crippen LogP contribution >= 0.6 is 0 Å². The summed E-state index contributed by atoms with van der Waals surface area (Å²) in [6.45, 7) is 2.10. The van der Waals surface area contributed by atoms with Crippen LogP contribution in [0.25, 0.3) is 0 Å². The molecule has 2 amide bonds. The minimum atomic E-state index is -0.850. The number of aliphatic carboxylic acids is 1. The van der Waals surface area contributed by atoms with Gasteiger partial charge in [0.25, 0.3) is 0 Å². The lowest BCUT2D eigenvalue weighted by Crippen LogP contribution is -2.45. The van der Waals surface area contributed by atoms with Crippen molar-refractivity contribution in [3.05, 3.63) is 23.8 Å². The van der Waals surface area contributed by atoms with Crippen LogP contribution in [-0.4, -0.2) is 33.1 Å². The number of hydrogen-bond acceptors (Lipinski definition) is 4. The van der Waals surface area contributed by atoms with Gasteiger partial charge in [-0.3, -0.25) is 14.8 Å². The summed E-state index contributed by atoms with van der Waals surface area (Å²) >= 11 is 0. The van der Waals surface area contributed by atoms with E-state index in [9.17, 15) is 9.59 Å². The first-order chi connectivity index (χ1) is 9.56. The zero-order valence-electron chi connectivity index (χ0n) is 11.3. The van der Waals surface area contributed by atoms with Crippen molar-refractivity contribution in [1.82, 2.24) is 20.6 Å². The van der Waals surface area contributed by atoms with Crippen LogP contribution in [0.3, 0.4) is 0 Å². The molecular weight excluding hydrogens is 260 g/mol. The monoisotopic (exact) mass is 278 g/mol. The third-order valence-electron chi connectivity index (χ3n) is 3.41. The average molecular weight is 278 g/mol. The van der Waals surface area contributed by atoms with Crippen LogP contribution in [0, 0.1) is 12.8 Å². The molecule has 1 fully saturated rings. The number of carbonyl (C=O) groups excluding carboxylic acids is 1. The van der Waals surface area contributed by atoms with Gasteiger partial charge in [0.05, 0.1) is 30.0 Å². The van der Waals surface area contributed by atoms with Gasteiger partial charge in [0.15, 0.2) is 0 Å². The standard InChI is InChI=1S/C13H18N4O3/c1-8-5-15-9(6-14-8)7-16-13(20)17-11-4-2-3-10(11)12(18)19/h5-6,10-11H,2-4,7H2,1H3,(H,18,19)(H2,16,17,20). The second-order valence-corrected chi connectivity index (χ2v) is 4.96. The summed E-state index contributed by atoms with van der Waals surface area (Å²) in [4.78, 5) is 31.0. The first-order valence-corrected chi connectivity index (χ1v) is 6.61. The van der Waals surface area contributed by atoms with Crippen molar-refractivity contribution in [2.24, 2.45) is 5.92 Å². The molecule has 2 rings (SSSR count). The smallest absolute Gasteiger partial charge is 0.315 e. The van der Waals surface area contributed by atoms with E-state index in [1.54, 1.807) is 12.4 Å². The molecule has 1 aromatic heterocycles. The van der Waals surface area contributed by atoms with Gasteiger partial charge in [-0.15, -0.1) is 0 Å². The fraction of sp³-hybridized carbons (Fsp3) is 0.538. The van der Waals surface area contributed by atoms with Crippen molar-refractivity contribution in [3.63, 3.8) is 0 Å². The Morgan fingerprint density at radius 2 is 2.15 bits per heavy atom. The highest BCUT2D eigenvalue weighted by atomic mass is 16.4. The summed E-state index contributed by atoms with van der Waals surface area (Å²) in [6, 6.07) is -0.665. The van der Waals surface area contributed by atoms with Gasteiger partial charge in [0, 0.05) is 12.2 Å². The molecule has 1 aliphatic carbocycles. The molecule has 1 heterocycles. The molecule has 0 aromatic carbocycles. The van der Waals surface area contributed by atoms with Gasteiger partial charge in [0.1, 0.15) is 0 Å². The minimum Gasteiger partial charge on any atom is -0.481 e. The highest BCUT2D eigenvalue weighted by molar-refractivity contribution is 5.76. The molecule has 0 radical (unpaired) electrons. The van der Waals surface area contributed by atoms with E-state index in [-0.39, 0.29) is 18.6 Å². The van der Waals surface area contributed by atoms with Crippen molar-refractivity contribution < 1.29 is 14.7 Å². The van der Waals surface area contributed by atoms with Gasteiger partial charge in [-0.2, -0.15) is 0 Å². The van der Waals surface area contributed by atoms with E-state index < -0.39 is 11.9 Å². The fourth-order valence-electron chi connectivity index (χ4n) is 2.33. The molecule has 0 spiro atoms. The second kappa shape index (κ2) is 6.31. The lowest BCUT2D eigenvalue weighted by Gasteiger charge is -2.17. The molecule has 1 saturated carbocycles. The zero-order chi connectivity index (χ0) is 14.5. The molecule has 20 heavy (non-hydrogen) atoms. The van der Waals surface area contributed by atoms with Crippen molar-refractivity contribution in [2.75, 3.05) is 0 Å². The number of urea groups is 1. The average Bonchev–Trinajstić information content (AvgIpc) is 2.86. The van der Waals surface area contributed by atoms with Crippen LogP contribution in [0.2, 0.25) is 0 Å². The number of hydrogen-bond donors (Lipinski definition) is 3. The largest absolute Gasteiger partial charge is 0.481 e. The van der Waals surface area contributed by atoms with Crippen molar-refractivity contribution in [2.45, 2.75) is 38.8 Å². The number of aromatic nitrogens is 2. The van der Waals surface area contributed by atoms with Crippen LogP contribution in [-0.2, 0) is 11.3 Å². The number of aryl methyl sites for hydroxylation is 1. The second-order valence-electron chi connectivity index (χ2n) is 4.96. The summed E-state index contributed by atoms with van der Waals surface area (Å²) in [6.07, 6.45) is 5.38. The quantitative estimate of drug-likeness (QED) is 0.757. The Kier molecular flexibility index (Phi) is 4.49. The molecule has 2 unspecified atom stereocenters. The molecule has 7 nitrogen and oxygen atoms in total. The summed E-state index contributed by atoms with van der Waals surface area (Å²) in [5, 5.41) is 14.4. The number of carboxylic acid groups (broad SMARTS) is 1. The maximum atomic E-state index is 11.7. The predicted octanol–water partition coefficient (Wildman–Crippen LogP) is 0.838. The Labute approximate surface area is 116 Å². The third-order valence-corrected chi connectivity index (χ3v) is 3.41. The lowest BCUT2D eigenvalue weighted by atomic mass is 10.0. The van der Waals surface area contributed by atoms with Gasteiger partial charge < -0.3 is 15.7 Å². The molecule has 3 N–H and O–H groups in total. The van der Waals surface area contributed by atoms with Crippen molar-refractivity contribution in [1.29, 1.82) is 0 Å². The van der Waals surface area contributed by atoms with Gasteiger partial charge >= 0.3 is 12.0 Å². The molecule has 0 saturated heterocycles. The first-order valence-electron chi connectivity index (χ1n) is 6.61. The molecule has 7 heteroatoms. The van der Waals surface area contributed by atoms with Crippen molar-refractivity contribution in [3.8, 4) is 0 Å². The van der Waals surface area contributed by atoms with E-state index in [0.29, 0.717) is 18.5 Å². The third kappa shape index (κ3) is 3.66. The van der Waals surface area contributed by atoms with Gasteiger partial charge in [-0.1, -0.05) is 6.42 Å². The van der Waals surface area contributed by atoms with E-state index >= 15 is 0 Å². The summed E-state index contributed by atoms with van der Waals surface area (Å²) in [5.74, 6) is -1.34. The van der Waals surface area contributed by atoms with Crippen LogP contribution in [0.15, 0.2) is 12.4 Å². The summed E-state index contributed by atoms with van der Waals surface area (Å²) < 4.78 is 0. The Balaban J connectivity index is 1.80. The molecule has 1 aromatic rings. The topological polar surface area (TPSA) is 104 Å². The number of nitrogens with zero attached hydrogens (tertiary/aromatic N) is 2. The fourth-order valence-corrected chi connectivity index (χ4v) is 2.33. The van der Waals surface area contributed by atoms with Gasteiger partial charge in [-0.25, -0.2) is 4.79 Å². The van der Waals surface area contributed by atoms with Gasteiger partial charge in [-0.05, 0) is 19.8 Å². The number of carbonyl (C=O) groups is 2. The number of nitrogens with one attached hydrogen (secondary N) is 2. The highest BCUT2D eigenvalue weighted by Gasteiger charge is 2.33. The molecule has 108 valence electrons. The molecule has 2 atom stereocenters. The van der Waals surface area contributed by atoms with Gasteiger partial charge in [0.2, 0.25) is 0 Å². The molecule has 0 bridgehead atoms. The van der Waals surface area contributed by atoms with E-state index in [0.717, 1.165) is 12.1 Å². The molecule has 1 aliphatic rings. The van der Waals surface area contributed by atoms with Crippen LogP contribution < -0.4 is 10.6 Å². The van der Waals surface area contributed by atoms with E-state index in [1.165, 1.54) is 0 Å². The predicted molar refractivity (Wildman–Crippen MR) is 70.9 cm³/mol. The maximum absolute atomic E-state index is 11.7. The first kappa shape index (κ1) is 14.2. The number of rotatable bonds is 4. The van der Waals surface area contributed by atoms with Crippen molar-refractivity contribution >= 4 is 12.0 Å². The summed E-state index contributed by atoms with van der Waals surface area (Å²) in [7, 11) is 0. The maximum Gasteiger partial charge on any atom is 0.315 e. The van der Waals surface area contributed by atoms with E-state index in [2.05, 4.69) is 20.6 Å². The van der Waals surface area contributed by atoms with E-state index in [1.807, 2.05) is 6.92 Å². The lowest BCUT2D eigenvalue weighted by molar-refractivity contribution is -0.142. The van der Waals surface area contributed by atoms with Crippen LogP contribution in [0.5, 0.6) is 0 Å². The van der Waals surface area contributed by atoms with Crippen LogP contribution in [0.1, 0.15) is 30.7 Å². The van der Waals surface area contributed by atoms with Crippen LogP contribution in [0.4, 0.5) is 4.79 Å². The Hall–Kier alpha value is -2.18. The Bertz CT molecular complexity index is 489. The SMILES string of the molecule is Cc1cnc(CNC(=O)NC2CCCC2C(=O)O)cn1. The highest BCUT2D eigenvalue weighted by Crippen LogP contribution is 2.25.